The van der Waals surface area contributed by atoms with Gasteiger partial charge in [-0.25, -0.2) is 9.97 Å². The van der Waals surface area contributed by atoms with E-state index < -0.39 is 0 Å². The molecule has 0 unspecified atom stereocenters. The Labute approximate surface area is 180 Å². The van der Waals surface area contributed by atoms with Gasteiger partial charge < -0.3 is 23.7 Å². The molecule has 0 bridgehead atoms. The highest BCUT2D eigenvalue weighted by Gasteiger charge is 2.13. The van der Waals surface area contributed by atoms with Crippen LogP contribution >= 0.6 is 12.0 Å². The van der Waals surface area contributed by atoms with Crippen LogP contribution in [-0.2, 0) is 9.47 Å². The maximum Gasteiger partial charge on any atom is 0.181 e. The molecule has 0 aliphatic carbocycles. The van der Waals surface area contributed by atoms with Crippen LogP contribution in [0.5, 0.6) is 11.5 Å². The highest BCUT2D eigenvalue weighted by atomic mass is 32.2. The van der Waals surface area contributed by atoms with Crippen molar-refractivity contribution in [2.45, 2.75) is 0 Å². The average Bonchev–Trinajstić information content (AvgIpc) is 2.77. The van der Waals surface area contributed by atoms with E-state index in [2.05, 4.69) is 21.2 Å². The van der Waals surface area contributed by atoms with Crippen LogP contribution in [0.3, 0.4) is 0 Å². The minimum Gasteiger partial charge on any atom is -0.487 e. The zero-order valence-electron chi connectivity index (χ0n) is 16.9. The van der Waals surface area contributed by atoms with Crippen molar-refractivity contribution in [2.24, 2.45) is 0 Å². The number of fused-ring (bicyclic) bond motifs is 1. The lowest BCUT2D eigenvalue weighted by atomic mass is 10.2. The topological polar surface area (TPSA) is 74.7 Å². The number of nitrogens with zero attached hydrogens (tertiary/aromatic N) is 2. The Morgan fingerprint density at radius 1 is 1.03 bits per heavy atom. The summed E-state index contributed by atoms with van der Waals surface area (Å²) in [5.41, 5.74) is 2.34. The third-order valence-electron chi connectivity index (χ3n) is 4.06. The van der Waals surface area contributed by atoms with E-state index in [0.29, 0.717) is 42.9 Å². The number of terminal acetylenes is 1. The van der Waals surface area contributed by atoms with Crippen molar-refractivity contribution in [3.8, 4) is 23.8 Å². The van der Waals surface area contributed by atoms with Gasteiger partial charge in [-0.05, 0) is 24.3 Å². The van der Waals surface area contributed by atoms with Gasteiger partial charge in [-0.2, -0.15) is 0 Å². The van der Waals surface area contributed by atoms with E-state index in [4.69, 9.17) is 24.8 Å². The van der Waals surface area contributed by atoms with Crippen LogP contribution in [0, 0.1) is 12.3 Å². The van der Waals surface area contributed by atoms with Gasteiger partial charge in [0.1, 0.15) is 18.8 Å². The van der Waals surface area contributed by atoms with Crippen LogP contribution < -0.4 is 14.2 Å². The molecule has 0 atom stereocenters. The summed E-state index contributed by atoms with van der Waals surface area (Å²) in [6.07, 6.45) is 7.01. The van der Waals surface area contributed by atoms with Gasteiger partial charge in [-0.3, -0.25) is 0 Å². The van der Waals surface area contributed by atoms with Crippen molar-refractivity contribution in [1.29, 1.82) is 0 Å². The first-order valence-corrected chi connectivity index (χ1v) is 10.2. The highest BCUT2D eigenvalue weighted by Crippen LogP contribution is 2.36. The predicted molar refractivity (Wildman–Crippen MR) is 120 cm³/mol. The molecule has 3 rings (SSSR count). The Morgan fingerprint density at radius 3 is 2.70 bits per heavy atom. The second kappa shape index (κ2) is 11.3. The number of methoxy groups -OCH3 is 2. The molecule has 3 aromatic rings. The first kappa shape index (κ1) is 21.7. The van der Waals surface area contributed by atoms with Gasteiger partial charge in [0.25, 0.3) is 0 Å². The van der Waals surface area contributed by atoms with Crippen molar-refractivity contribution < 1.29 is 18.4 Å². The molecule has 1 heterocycles. The van der Waals surface area contributed by atoms with Crippen LogP contribution in [0.1, 0.15) is 5.56 Å². The lowest BCUT2D eigenvalue weighted by molar-refractivity contribution is 0.145. The molecule has 0 saturated heterocycles. The van der Waals surface area contributed by atoms with Crippen LogP contribution in [0.4, 0.5) is 11.5 Å². The van der Waals surface area contributed by atoms with E-state index in [1.54, 1.807) is 14.2 Å². The van der Waals surface area contributed by atoms with Gasteiger partial charge in [0, 0.05) is 36.9 Å². The number of rotatable bonds is 11. The summed E-state index contributed by atoms with van der Waals surface area (Å²) in [5, 5.41) is 4.10. The number of nitrogens with one attached hydrogen (secondary N) is 1. The molecular weight excluding hydrogens is 402 g/mol. The molecule has 0 spiro atoms. The maximum absolute atomic E-state index is 5.88. The van der Waals surface area contributed by atoms with Crippen molar-refractivity contribution >= 4 is 34.5 Å². The van der Waals surface area contributed by atoms with Crippen LogP contribution in [0.25, 0.3) is 10.9 Å². The zero-order chi connectivity index (χ0) is 21.2. The number of hydrogen-bond donors (Lipinski definition) is 1. The minimum atomic E-state index is 0.391. The third-order valence-corrected chi connectivity index (χ3v) is 4.69. The fraction of sp³-hybridized carbons (Fsp3) is 0.273. The standard InChI is InChI=1S/C22H23N3O4S/c1-4-16-6-5-7-17(12-16)25-22-18-13-20(28-9-8-26-2)21(29-30-11-10-27-3)14-19(18)23-15-24-22/h1,5-7,12-15H,8-11H2,2-3H3,(H,23,24,25). The number of hydrogen-bond acceptors (Lipinski definition) is 8. The SMILES string of the molecule is C#Cc1cccc(Nc2ncnc3cc(OSCCOC)c(OCCOC)cc23)c1. The van der Waals surface area contributed by atoms with E-state index in [9.17, 15) is 0 Å². The fourth-order valence-electron chi connectivity index (χ4n) is 2.62. The molecule has 30 heavy (non-hydrogen) atoms. The van der Waals surface area contributed by atoms with E-state index in [0.717, 1.165) is 22.2 Å². The molecule has 0 amide bonds. The minimum absolute atomic E-state index is 0.391. The summed E-state index contributed by atoms with van der Waals surface area (Å²) in [5.74, 6) is 5.13. The van der Waals surface area contributed by atoms with Gasteiger partial charge in [0.15, 0.2) is 11.5 Å². The molecule has 2 aromatic carbocycles. The third kappa shape index (κ3) is 5.76. The summed E-state index contributed by atoms with van der Waals surface area (Å²) < 4.78 is 21.9. The van der Waals surface area contributed by atoms with E-state index in [1.165, 1.54) is 18.4 Å². The lowest BCUT2D eigenvalue weighted by Gasteiger charge is -2.14. The summed E-state index contributed by atoms with van der Waals surface area (Å²) in [4.78, 5) is 8.78. The van der Waals surface area contributed by atoms with Crippen molar-refractivity contribution in [3.63, 3.8) is 0 Å². The molecule has 0 fully saturated rings. The molecule has 8 heteroatoms. The first-order chi connectivity index (χ1) is 14.7. The van der Waals surface area contributed by atoms with E-state index >= 15 is 0 Å². The Hall–Kier alpha value is -2.99. The van der Waals surface area contributed by atoms with Gasteiger partial charge in [0.05, 0.1) is 36.5 Å². The van der Waals surface area contributed by atoms with Crippen molar-refractivity contribution in [1.82, 2.24) is 9.97 Å². The van der Waals surface area contributed by atoms with Gasteiger partial charge in [-0.15, -0.1) is 6.42 Å². The molecule has 0 saturated carbocycles. The number of anilines is 2. The Bertz CT molecular complexity index is 1020. The maximum atomic E-state index is 5.88. The molecular formula is C22H23N3O4S. The second-order valence-electron chi connectivity index (χ2n) is 6.13. The molecule has 1 aromatic heterocycles. The Kier molecular flexibility index (Phi) is 8.15. The molecule has 0 aliphatic rings. The first-order valence-electron chi connectivity index (χ1n) is 9.27. The van der Waals surface area contributed by atoms with Gasteiger partial charge in [-0.1, -0.05) is 12.0 Å². The smallest absolute Gasteiger partial charge is 0.181 e. The molecule has 0 aliphatic heterocycles. The van der Waals surface area contributed by atoms with Crippen molar-refractivity contribution in [2.75, 3.05) is 45.1 Å². The summed E-state index contributed by atoms with van der Waals surface area (Å²) in [6.45, 7) is 1.44. The Balaban J connectivity index is 1.92. The van der Waals surface area contributed by atoms with Crippen molar-refractivity contribution in [3.05, 3.63) is 48.3 Å². The van der Waals surface area contributed by atoms with E-state index in [-0.39, 0.29) is 0 Å². The molecule has 0 radical (unpaired) electrons. The second-order valence-corrected chi connectivity index (χ2v) is 6.94. The normalized spacial score (nSPS) is 10.6. The van der Waals surface area contributed by atoms with Gasteiger partial charge in [0.2, 0.25) is 0 Å². The summed E-state index contributed by atoms with van der Waals surface area (Å²) in [6, 6.07) is 11.3. The Morgan fingerprint density at radius 2 is 1.90 bits per heavy atom. The number of ether oxygens (including phenoxy) is 3. The highest BCUT2D eigenvalue weighted by molar-refractivity contribution is 7.95. The quantitative estimate of drug-likeness (QED) is 0.280. The van der Waals surface area contributed by atoms with E-state index in [1.807, 2.05) is 36.4 Å². The largest absolute Gasteiger partial charge is 0.487 e. The molecule has 1 N–H and O–H groups in total. The number of aromatic nitrogens is 2. The monoisotopic (exact) mass is 425 g/mol. The molecule has 7 nitrogen and oxygen atoms in total. The average molecular weight is 426 g/mol. The summed E-state index contributed by atoms with van der Waals surface area (Å²) >= 11 is 1.29. The fourth-order valence-corrected chi connectivity index (χ4v) is 3.20. The van der Waals surface area contributed by atoms with Crippen LogP contribution in [0.15, 0.2) is 42.7 Å². The van der Waals surface area contributed by atoms with Gasteiger partial charge >= 0.3 is 0 Å². The summed E-state index contributed by atoms with van der Waals surface area (Å²) in [7, 11) is 3.28. The number of benzene rings is 2. The molecule has 156 valence electrons. The van der Waals surface area contributed by atoms with Crippen LogP contribution in [-0.4, -0.2) is 49.8 Å². The van der Waals surface area contributed by atoms with Crippen LogP contribution in [0.2, 0.25) is 0 Å². The zero-order valence-corrected chi connectivity index (χ0v) is 17.7. The predicted octanol–water partition coefficient (Wildman–Crippen LogP) is 4.05. The lowest BCUT2D eigenvalue weighted by Crippen LogP contribution is -2.06.